The van der Waals surface area contributed by atoms with Gasteiger partial charge in [-0.3, -0.25) is 4.79 Å². The van der Waals surface area contributed by atoms with Crippen LogP contribution in [0.1, 0.15) is 21.7 Å². The Hall–Kier alpha value is -2.45. The summed E-state index contributed by atoms with van der Waals surface area (Å²) in [5.74, 6) is 0.302. The molecular formula is C17H21N3O5. The molecular weight excluding hydrogens is 326 g/mol. The largest absolute Gasteiger partial charge is 0.490 e. The van der Waals surface area contributed by atoms with Crippen LogP contribution in [0.2, 0.25) is 0 Å². The molecule has 0 unspecified atom stereocenters. The van der Waals surface area contributed by atoms with E-state index in [2.05, 4.69) is 14.9 Å². The number of carbonyl (C=O) groups excluding carboxylic acids is 1. The van der Waals surface area contributed by atoms with E-state index in [1.807, 2.05) is 31.2 Å². The highest BCUT2D eigenvalue weighted by atomic mass is 16.6. The molecule has 25 heavy (non-hydrogen) atoms. The molecule has 1 N–H and O–H groups in total. The van der Waals surface area contributed by atoms with Gasteiger partial charge in [-0.05, 0) is 31.1 Å². The summed E-state index contributed by atoms with van der Waals surface area (Å²) in [6.45, 7) is 4.46. The Morgan fingerprint density at radius 1 is 1.32 bits per heavy atom. The molecule has 1 saturated heterocycles. The summed E-state index contributed by atoms with van der Waals surface area (Å²) < 4.78 is 15.7. The van der Waals surface area contributed by atoms with Crippen LogP contribution < -0.4 is 4.74 Å². The molecule has 1 aliphatic heterocycles. The second kappa shape index (κ2) is 7.20. The first kappa shape index (κ1) is 17.4. The van der Waals surface area contributed by atoms with Gasteiger partial charge >= 0.3 is 0 Å². The maximum atomic E-state index is 12.6. The number of aromatic nitrogens is 2. The lowest BCUT2D eigenvalue weighted by atomic mass is 10.1. The van der Waals surface area contributed by atoms with Gasteiger partial charge in [-0.15, -0.1) is 0 Å². The fraction of sp³-hybridized carbons (Fsp3) is 0.471. The lowest BCUT2D eigenvalue weighted by Gasteiger charge is -2.30. The molecule has 0 bridgehead atoms. The second-order valence-electron chi connectivity index (χ2n) is 6.30. The molecule has 2 aromatic rings. The molecule has 8 nitrogen and oxygen atoms in total. The van der Waals surface area contributed by atoms with Crippen LogP contribution in [0.3, 0.4) is 0 Å². The van der Waals surface area contributed by atoms with Gasteiger partial charge in [0.2, 0.25) is 0 Å². The van der Waals surface area contributed by atoms with Crippen molar-refractivity contribution in [2.24, 2.45) is 0 Å². The van der Waals surface area contributed by atoms with E-state index in [0.717, 1.165) is 5.56 Å². The predicted octanol–water partition coefficient (Wildman–Crippen LogP) is 0.969. The molecule has 2 heterocycles. The lowest BCUT2D eigenvalue weighted by Crippen LogP contribution is -2.50. The van der Waals surface area contributed by atoms with E-state index in [1.54, 1.807) is 6.92 Å². The van der Waals surface area contributed by atoms with E-state index in [-0.39, 0.29) is 31.4 Å². The van der Waals surface area contributed by atoms with Crippen LogP contribution >= 0.6 is 0 Å². The van der Waals surface area contributed by atoms with Gasteiger partial charge in [-0.1, -0.05) is 22.9 Å². The van der Waals surface area contributed by atoms with Crippen molar-refractivity contribution in [1.29, 1.82) is 0 Å². The molecule has 0 saturated carbocycles. The molecule has 1 aromatic heterocycles. The van der Waals surface area contributed by atoms with E-state index in [1.165, 1.54) is 4.90 Å². The minimum atomic E-state index is -1.32. The van der Waals surface area contributed by atoms with Gasteiger partial charge in [0.05, 0.1) is 19.8 Å². The van der Waals surface area contributed by atoms with Crippen molar-refractivity contribution < 1.29 is 24.0 Å². The van der Waals surface area contributed by atoms with Crippen LogP contribution in [0.5, 0.6) is 5.75 Å². The molecule has 1 aromatic carbocycles. The van der Waals surface area contributed by atoms with Gasteiger partial charge in [0, 0.05) is 6.54 Å². The van der Waals surface area contributed by atoms with Crippen molar-refractivity contribution in [3.8, 4) is 5.75 Å². The van der Waals surface area contributed by atoms with Crippen molar-refractivity contribution in [3.63, 3.8) is 0 Å². The van der Waals surface area contributed by atoms with Crippen molar-refractivity contribution >= 4 is 5.91 Å². The zero-order chi connectivity index (χ0) is 17.9. The zero-order valence-electron chi connectivity index (χ0n) is 14.3. The van der Waals surface area contributed by atoms with Crippen LogP contribution in [0, 0.1) is 13.8 Å². The number of nitrogens with zero attached hydrogens (tertiary/aromatic N) is 3. The molecule has 1 aliphatic rings. The number of β-amino-alcohol motifs (C(OH)–C–C–N with tert-alkyl or cyclic N) is 1. The summed E-state index contributed by atoms with van der Waals surface area (Å²) in [6.07, 6.45) is 0. The van der Waals surface area contributed by atoms with Gasteiger partial charge in [0.25, 0.3) is 5.91 Å². The van der Waals surface area contributed by atoms with E-state index in [0.29, 0.717) is 24.6 Å². The monoisotopic (exact) mass is 347 g/mol. The minimum Gasteiger partial charge on any atom is -0.490 e. The van der Waals surface area contributed by atoms with Crippen LogP contribution in [0.15, 0.2) is 28.9 Å². The van der Waals surface area contributed by atoms with Crippen molar-refractivity contribution in [2.45, 2.75) is 19.4 Å². The van der Waals surface area contributed by atoms with Crippen molar-refractivity contribution in [1.82, 2.24) is 15.2 Å². The Morgan fingerprint density at radius 2 is 2.08 bits per heavy atom. The van der Waals surface area contributed by atoms with Gasteiger partial charge in [-0.2, -0.15) is 0 Å². The molecule has 0 radical (unpaired) electrons. The Labute approximate surface area is 145 Å². The van der Waals surface area contributed by atoms with Crippen LogP contribution in [0.25, 0.3) is 0 Å². The average molecular weight is 347 g/mol. The number of hydrogen-bond acceptors (Lipinski definition) is 7. The summed E-state index contributed by atoms with van der Waals surface area (Å²) in [4.78, 5) is 14.1. The zero-order valence-corrected chi connectivity index (χ0v) is 14.3. The molecule has 1 amide bonds. The van der Waals surface area contributed by atoms with Gasteiger partial charge in [-0.25, -0.2) is 4.63 Å². The quantitative estimate of drug-likeness (QED) is 0.880. The molecule has 3 rings (SSSR count). The number of aliphatic hydroxyl groups is 1. The Balaban J connectivity index is 1.68. The van der Waals surface area contributed by atoms with Gasteiger partial charge < -0.3 is 19.5 Å². The number of amides is 1. The third kappa shape index (κ3) is 4.15. The Morgan fingerprint density at radius 3 is 2.76 bits per heavy atom. The standard InChI is InChI=1S/C17H21N3O5/c1-12-3-5-14(6-4-12)24-11-17(22)9-20(7-8-23-10-17)16(21)15-13(2)18-25-19-15/h3-6,22H,7-11H2,1-2H3/t17-/m0/s1. The topological polar surface area (TPSA) is 97.9 Å². The first-order valence-electron chi connectivity index (χ1n) is 8.05. The first-order valence-corrected chi connectivity index (χ1v) is 8.05. The number of benzene rings is 1. The second-order valence-corrected chi connectivity index (χ2v) is 6.30. The molecule has 134 valence electrons. The number of carbonyl (C=O) groups is 1. The Kier molecular flexibility index (Phi) is 5.00. The Bertz CT molecular complexity index is 730. The van der Waals surface area contributed by atoms with E-state index in [4.69, 9.17) is 9.47 Å². The van der Waals surface area contributed by atoms with Crippen LogP contribution in [0.4, 0.5) is 0 Å². The summed E-state index contributed by atoms with van der Waals surface area (Å²) in [5, 5.41) is 18.1. The fourth-order valence-electron chi connectivity index (χ4n) is 2.61. The highest BCUT2D eigenvalue weighted by Crippen LogP contribution is 2.19. The average Bonchev–Trinajstić information content (AvgIpc) is 2.92. The summed E-state index contributed by atoms with van der Waals surface area (Å²) >= 11 is 0. The highest BCUT2D eigenvalue weighted by Gasteiger charge is 2.36. The van der Waals surface area contributed by atoms with Crippen molar-refractivity contribution in [3.05, 3.63) is 41.2 Å². The molecule has 1 atom stereocenters. The molecule has 1 fully saturated rings. The van der Waals surface area contributed by atoms with E-state index >= 15 is 0 Å². The highest BCUT2D eigenvalue weighted by molar-refractivity contribution is 5.93. The van der Waals surface area contributed by atoms with Crippen LogP contribution in [-0.4, -0.2) is 64.7 Å². The normalized spacial score (nSPS) is 21.0. The van der Waals surface area contributed by atoms with Crippen LogP contribution in [-0.2, 0) is 4.74 Å². The summed E-state index contributed by atoms with van der Waals surface area (Å²) in [6, 6.07) is 7.53. The number of rotatable bonds is 4. The third-order valence-corrected chi connectivity index (χ3v) is 4.03. The fourth-order valence-corrected chi connectivity index (χ4v) is 2.61. The van der Waals surface area contributed by atoms with Crippen molar-refractivity contribution in [2.75, 3.05) is 32.9 Å². The maximum Gasteiger partial charge on any atom is 0.278 e. The summed E-state index contributed by atoms with van der Waals surface area (Å²) in [7, 11) is 0. The number of hydrogen-bond donors (Lipinski definition) is 1. The predicted molar refractivity (Wildman–Crippen MR) is 87.4 cm³/mol. The number of aryl methyl sites for hydroxylation is 2. The number of ether oxygens (including phenoxy) is 2. The minimum absolute atomic E-state index is 0.00981. The van der Waals surface area contributed by atoms with E-state index in [9.17, 15) is 9.90 Å². The lowest BCUT2D eigenvalue weighted by molar-refractivity contribution is -0.0621. The first-order chi connectivity index (χ1) is 12.0. The maximum absolute atomic E-state index is 12.6. The SMILES string of the molecule is Cc1ccc(OC[C@@]2(O)COCCN(C(=O)c3nonc3C)C2)cc1. The summed E-state index contributed by atoms with van der Waals surface area (Å²) in [5.41, 5.74) is 0.359. The smallest absolute Gasteiger partial charge is 0.278 e. The molecule has 8 heteroatoms. The van der Waals surface area contributed by atoms with E-state index < -0.39 is 5.60 Å². The third-order valence-electron chi connectivity index (χ3n) is 4.03. The van der Waals surface area contributed by atoms with Gasteiger partial charge in [0.15, 0.2) is 5.69 Å². The van der Waals surface area contributed by atoms with Gasteiger partial charge in [0.1, 0.15) is 23.7 Å². The molecule has 0 spiro atoms. The molecule has 0 aliphatic carbocycles.